The second-order valence-corrected chi connectivity index (χ2v) is 6.31. The zero-order valence-electron chi connectivity index (χ0n) is 12.3. The molecule has 1 heterocycles. The van der Waals surface area contributed by atoms with Crippen molar-refractivity contribution in [2.24, 2.45) is 5.73 Å². The van der Waals surface area contributed by atoms with Crippen molar-refractivity contribution in [3.05, 3.63) is 47.2 Å². The summed E-state index contributed by atoms with van der Waals surface area (Å²) < 4.78 is 5.19. The van der Waals surface area contributed by atoms with Crippen LogP contribution in [0.3, 0.4) is 0 Å². The Morgan fingerprint density at radius 3 is 2.67 bits per heavy atom. The van der Waals surface area contributed by atoms with E-state index in [2.05, 4.69) is 18.2 Å². The minimum absolute atomic E-state index is 0.540. The fraction of sp³-hybridized carbons (Fsp3) is 0.353. The summed E-state index contributed by atoms with van der Waals surface area (Å²) in [6.45, 7) is 0.540. The minimum Gasteiger partial charge on any atom is -0.497 e. The fourth-order valence-electron chi connectivity index (χ4n) is 2.65. The van der Waals surface area contributed by atoms with Gasteiger partial charge in [0.25, 0.3) is 0 Å². The number of benzene rings is 1. The highest BCUT2D eigenvalue weighted by Gasteiger charge is 2.15. The third-order valence-electron chi connectivity index (χ3n) is 3.83. The molecule has 1 aliphatic carbocycles. The fourth-order valence-corrected chi connectivity index (χ4v) is 3.58. The van der Waals surface area contributed by atoms with Crippen molar-refractivity contribution in [3.63, 3.8) is 0 Å². The number of aryl methyl sites for hydroxylation is 2. The number of nitrogens with two attached hydrogens (primary N) is 1. The van der Waals surface area contributed by atoms with Crippen LogP contribution in [-0.4, -0.2) is 12.1 Å². The SMILES string of the molecule is COc1ccc(Sc2nc3c(cc2CN)CCCC3)cc1. The Kier molecular flexibility index (Phi) is 4.46. The molecule has 1 aliphatic rings. The maximum atomic E-state index is 5.91. The summed E-state index contributed by atoms with van der Waals surface area (Å²) in [5.41, 5.74) is 9.71. The average molecular weight is 300 g/mol. The van der Waals surface area contributed by atoms with E-state index in [4.69, 9.17) is 15.5 Å². The predicted molar refractivity (Wildman–Crippen MR) is 85.9 cm³/mol. The molecule has 0 atom stereocenters. The first kappa shape index (κ1) is 14.4. The first-order valence-corrected chi connectivity index (χ1v) is 8.15. The van der Waals surface area contributed by atoms with Gasteiger partial charge in [-0.1, -0.05) is 17.8 Å². The third kappa shape index (κ3) is 3.22. The second-order valence-electron chi connectivity index (χ2n) is 5.25. The molecule has 0 radical (unpaired) electrons. The van der Waals surface area contributed by atoms with Crippen LogP contribution in [0.2, 0.25) is 0 Å². The molecular formula is C17H20N2OS. The maximum Gasteiger partial charge on any atom is 0.118 e. The highest BCUT2D eigenvalue weighted by atomic mass is 32.2. The number of pyridine rings is 1. The molecule has 0 spiro atoms. The van der Waals surface area contributed by atoms with Gasteiger partial charge in [-0.3, -0.25) is 0 Å². The maximum absolute atomic E-state index is 5.91. The number of ether oxygens (including phenoxy) is 1. The van der Waals surface area contributed by atoms with Crippen LogP contribution in [0.15, 0.2) is 40.3 Å². The lowest BCUT2D eigenvalue weighted by Gasteiger charge is -2.18. The summed E-state index contributed by atoms with van der Waals surface area (Å²) in [6, 6.07) is 10.3. The summed E-state index contributed by atoms with van der Waals surface area (Å²) in [6.07, 6.45) is 4.75. The molecule has 0 unspecified atom stereocenters. The Labute approximate surface area is 129 Å². The van der Waals surface area contributed by atoms with Gasteiger partial charge in [0.2, 0.25) is 0 Å². The Bertz CT molecular complexity index is 625. The van der Waals surface area contributed by atoms with Crippen molar-refractivity contribution in [3.8, 4) is 5.75 Å². The van der Waals surface area contributed by atoms with Gasteiger partial charge >= 0.3 is 0 Å². The third-order valence-corrected chi connectivity index (χ3v) is 4.89. The van der Waals surface area contributed by atoms with Gasteiger partial charge in [-0.15, -0.1) is 0 Å². The normalized spacial score (nSPS) is 13.8. The van der Waals surface area contributed by atoms with Crippen LogP contribution in [-0.2, 0) is 19.4 Å². The van der Waals surface area contributed by atoms with Crippen LogP contribution < -0.4 is 10.5 Å². The van der Waals surface area contributed by atoms with Gasteiger partial charge in [0, 0.05) is 17.1 Å². The lowest BCUT2D eigenvalue weighted by molar-refractivity contribution is 0.414. The monoisotopic (exact) mass is 300 g/mol. The molecule has 110 valence electrons. The van der Waals surface area contributed by atoms with E-state index >= 15 is 0 Å². The molecule has 4 heteroatoms. The van der Waals surface area contributed by atoms with E-state index in [1.807, 2.05) is 12.1 Å². The van der Waals surface area contributed by atoms with Crippen molar-refractivity contribution in [2.75, 3.05) is 7.11 Å². The molecule has 0 saturated heterocycles. The molecule has 0 amide bonds. The number of hydrogen-bond donors (Lipinski definition) is 1. The largest absolute Gasteiger partial charge is 0.497 e. The van der Waals surface area contributed by atoms with Gasteiger partial charge in [-0.2, -0.15) is 0 Å². The molecule has 3 rings (SSSR count). The van der Waals surface area contributed by atoms with E-state index in [0.29, 0.717) is 6.54 Å². The van der Waals surface area contributed by atoms with E-state index in [9.17, 15) is 0 Å². The van der Waals surface area contributed by atoms with Gasteiger partial charge in [0.05, 0.1) is 7.11 Å². The van der Waals surface area contributed by atoms with E-state index in [1.54, 1.807) is 18.9 Å². The summed E-state index contributed by atoms with van der Waals surface area (Å²) in [4.78, 5) is 6.03. The standard InChI is InChI=1S/C17H20N2OS/c1-20-14-6-8-15(9-7-14)21-17-13(11-18)10-12-4-2-3-5-16(12)19-17/h6-10H,2-5,11,18H2,1H3. The zero-order chi connectivity index (χ0) is 14.7. The molecule has 0 aliphatic heterocycles. The Hall–Kier alpha value is -1.52. The summed E-state index contributed by atoms with van der Waals surface area (Å²) in [5.74, 6) is 0.872. The second kappa shape index (κ2) is 6.50. The van der Waals surface area contributed by atoms with Crippen LogP contribution in [0.25, 0.3) is 0 Å². The van der Waals surface area contributed by atoms with Crippen LogP contribution in [0, 0.1) is 0 Å². The molecule has 3 nitrogen and oxygen atoms in total. The lowest BCUT2D eigenvalue weighted by atomic mass is 9.95. The summed E-state index contributed by atoms with van der Waals surface area (Å²) in [7, 11) is 1.68. The highest BCUT2D eigenvalue weighted by molar-refractivity contribution is 7.99. The van der Waals surface area contributed by atoms with Gasteiger partial charge in [0.1, 0.15) is 10.8 Å². The number of fused-ring (bicyclic) bond motifs is 1. The smallest absolute Gasteiger partial charge is 0.118 e. The van der Waals surface area contributed by atoms with Crippen LogP contribution in [0.5, 0.6) is 5.75 Å². The Morgan fingerprint density at radius 2 is 1.95 bits per heavy atom. The highest BCUT2D eigenvalue weighted by Crippen LogP contribution is 2.32. The molecule has 2 aromatic rings. The van der Waals surface area contributed by atoms with Crippen LogP contribution in [0.4, 0.5) is 0 Å². The molecule has 21 heavy (non-hydrogen) atoms. The molecule has 2 N–H and O–H groups in total. The van der Waals surface area contributed by atoms with Crippen LogP contribution in [0.1, 0.15) is 29.7 Å². The van der Waals surface area contributed by atoms with Gasteiger partial charge in [-0.05, 0) is 61.1 Å². The average Bonchev–Trinajstić information content (AvgIpc) is 2.55. The van der Waals surface area contributed by atoms with Gasteiger partial charge < -0.3 is 10.5 Å². The van der Waals surface area contributed by atoms with Gasteiger partial charge in [-0.25, -0.2) is 4.98 Å². The number of methoxy groups -OCH3 is 1. The van der Waals surface area contributed by atoms with Crippen molar-refractivity contribution in [1.82, 2.24) is 4.98 Å². The number of rotatable bonds is 4. The first-order chi connectivity index (χ1) is 10.3. The Balaban J connectivity index is 1.89. The van der Waals surface area contributed by atoms with Crippen molar-refractivity contribution >= 4 is 11.8 Å². The van der Waals surface area contributed by atoms with Crippen molar-refractivity contribution in [2.45, 2.75) is 42.1 Å². The lowest BCUT2D eigenvalue weighted by Crippen LogP contribution is -2.10. The molecule has 0 saturated carbocycles. The molecule has 1 aromatic heterocycles. The number of nitrogens with zero attached hydrogens (tertiary/aromatic N) is 1. The molecule has 0 bridgehead atoms. The number of hydrogen-bond acceptors (Lipinski definition) is 4. The quantitative estimate of drug-likeness (QED) is 0.937. The zero-order valence-corrected chi connectivity index (χ0v) is 13.1. The van der Waals surface area contributed by atoms with Crippen molar-refractivity contribution in [1.29, 1.82) is 0 Å². The molecular weight excluding hydrogens is 280 g/mol. The predicted octanol–water partition coefficient (Wildman–Crippen LogP) is 3.58. The van der Waals surface area contributed by atoms with Crippen molar-refractivity contribution < 1.29 is 4.74 Å². The first-order valence-electron chi connectivity index (χ1n) is 7.34. The number of aromatic nitrogens is 1. The Morgan fingerprint density at radius 1 is 1.19 bits per heavy atom. The molecule has 0 fully saturated rings. The molecule has 1 aromatic carbocycles. The minimum atomic E-state index is 0.540. The summed E-state index contributed by atoms with van der Waals surface area (Å²) >= 11 is 1.68. The van der Waals surface area contributed by atoms with E-state index < -0.39 is 0 Å². The topological polar surface area (TPSA) is 48.1 Å². The van der Waals surface area contributed by atoms with Gasteiger partial charge in [0.15, 0.2) is 0 Å². The summed E-state index contributed by atoms with van der Waals surface area (Å²) in [5, 5.41) is 1.04. The van der Waals surface area contributed by atoms with E-state index in [0.717, 1.165) is 34.1 Å². The van der Waals surface area contributed by atoms with E-state index in [-0.39, 0.29) is 0 Å². The van der Waals surface area contributed by atoms with Crippen LogP contribution >= 0.6 is 11.8 Å². The van der Waals surface area contributed by atoms with E-state index in [1.165, 1.54) is 24.1 Å².